The highest BCUT2D eigenvalue weighted by Gasteiger charge is 2.18. The molecule has 0 radical (unpaired) electrons. The van der Waals surface area contributed by atoms with E-state index in [2.05, 4.69) is 39.8 Å². The van der Waals surface area contributed by atoms with E-state index in [0.29, 0.717) is 0 Å². The summed E-state index contributed by atoms with van der Waals surface area (Å²) in [5.74, 6) is 1.89. The number of guanidine groups is 1. The molecular weight excluding hydrogens is 242 g/mol. The number of hydrogen-bond donors (Lipinski definition) is 1. The Morgan fingerprint density at radius 1 is 1.56 bits per heavy atom. The van der Waals surface area contributed by atoms with Gasteiger partial charge in [0, 0.05) is 32.1 Å². The molecule has 2 rings (SSSR count). The molecular formula is C14H23N3S. The topological polar surface area (TPSA) is 27.6 Å². The average molecular weight is 265 g/mol. The van der Waals surface area contributed by atoms with Crippen LogP contribution in [0, 0.1) is 5.92 Å². The van der Waals surface area contributed by atoms with Crippen LogP contribution < -0.4 is 5.32 Å². The van der Waals surface area contributed by atoms with E-state index in [-0.39, 0.29) is 0 Å². The molecule has 4 heteroatoms. The van der Waals surface area contributed by atoms with Gasteiger partial charge in [-0.25, -0.2) is 0 Å². The van der Waals surface area contributed by atoms with Crippen LogP contribution in [0.25, 0.3) is 0 Å². The molecule has 100 valence electrons. The molecule has 0 saturated heterocycles. The summed E-state index contributed by atoms with van der Waals surface area (Å²) in [4.78, 5) is 8.01. The maximum atomic E-state index is 4.35. The van der Waals surface area contributed by atoms with Crippen LogP contribution in [0.15, 0.2) is 22.5 Å². The smallest absolute Gasteiger partial charge is 0.193 e. The van der Waals surface area contributed by atoms with Crippen LogP contribution in [0.3, 0.4) is 0 Å². The van der Waals surface area contributed by atoms with Crippen molar-refractivity contribution in [3.63, 3.8) is 0 Å². The number of rotatable bonds is 5. The summed E-state index contributed by atoms with van der Waals surface area (Å²) in [6.45, 7) is 2.10. The van der Waals surface area contributed by atoms with Gasteiger partial charge in [0.1, 0.15) is 0 Å². The minimum atomic E-state index is 0.868. The van der Waals surface area contributed by atoms with Crippen molar-refractivity contribution in [3.05, 3.63) is 22.4 Å². The predicted molar refractivity (Wildman–Crippen MR) is 79.4 cm³/mol. The third kappa shape index (κ3) is 3.73. The van der Waals surface area contributed by atoms with Crippen molar-refractivity contribution in [2.45, 2.75) is 25.7 Å². The van der Waals surface area contributed by atoms with Gasteiger partial charge in [0.15, 0.2) is 5.96 Å². The molecule has 1 fully saturated rings. The fourth-order valence-corrected chi connectivity index (χ4v) is 2.85. The Hall–Kier alpha value is -1.03. The zero-order chi connectivity index (χ0) is 12.8. The van der Waals surface area contributed by atoms with Gasteiger partial charge in [0.2, 0.25) is 0 Å². The van der Waals surface area contributed by atoms with Crippen LogP contribution in [-0.2, 0) is 6.42 Å². The molecule has 0 aliphatic heterocycles. The largest absolute Gasteiger partial charge is 0.356 e. The Kier molecular flexibility index (Phi) is 5.05. The highest BCUT2D eigenvalue weighted by Crippen LogP contribution is 2.25. The van der Waals surface area contributed by atoms with Gasteiger partial charge in [-0.3, -0.25) is 4.99 Å². The second kappa shape index (κ2) is 6.78. The first-order valence-electron chi connectivity index (χ1n) is 6.73. The van der Waals surface area contributed by atoms with Crippen LogP contribution in [0.4, 0.5) is 0 Å². The first kappa shape index (κ1) is 13.4. The van der Waals surface area contributed by atoms with Crippen molar-refractivity contribution >= 4 is 17.3 Å². The Bertz CT molecular complexity index is 368. The monoisotopic (exact) mass is 265 g/mol. The van der Waals surface area contributed by atoms with Gasteiger partial charge < -0.3 is 10.2 Å². The Morgan fingerprint density at radius 2 is 2.39 bits per heavy atom. The molecule has 1 aromatic heterocycles. The molecule has 0 aromatic carbocycles. The molecule has 1 N–H and O–H groups in total. The summed E-state index contributed by atoms with van der Waals surface area (Å²) >= 11 is 1.83. The standard InChI is InChI=1S/C14H23N3S/c1-15-14(16-11-12-5-3-6-12)17(2)9-8-13-7-4-10-18-13/h4,7,10,12H,3,5-6,8-9,11H2,1-2H3,(H,15,16). The maximum absolute atomic E-state index is 4.35. The third-order valence-electron chi connectivity index (χ3n) is 3.62. The first-order chi connectivity index (χ1) is 8.79. The number of hydrogen-bond acceptors (Lipinski definition) is 2. The molecule has 0 amide bonds. The maximum Gasteiger partial charge on any atom is 0.193 e. The number of thiophene rings is 1. The lowest BCUT2D eigenvalue weighted by Crippen LogP contribution is -2.42. The minimum Gasteiger partial charge on any atom is -0.356 e. The van der Waals surface area contributed by atoms with E-state index in [1.54, 1.807) is 0 Å². The highest BCUT2D eigenvalue weighted by atomic mass is 32.1. The quantitative estimate of drug-likeness (QED) is 0.654. The van der Waals surface area contributed by atoms with Crippen molar-refractivity contribution in [2.75, 3.05) is 27.2 Å². The number of nitrogens with one attached hydrogen (secondary N) is 1. The van der Waals surface area contributed by atoms with E-state index in [4.69, 9.17) is 0 Å². The molecule has 0 bridgehead atoms. The average Bonchev–Trinajstić information content (AvgIpc) is 2.82. The lowest BCUT2D eigenvalue weighted by atomic mass is 9.85. The summed E-state index contributed by atoms with van der Waals surface area (Å²) in [5, 5.41) is 5.62. The molecule has 1 saturated carbocycles. The summed E-state index contributed by atoms with van der Waals surface area (Å²) in [6, 6.07) is 4.31. The molecule has 1 aliphatic carbocycles. The molecule has 3 nitrogen and oxygen atoms in total. The van der Waals surface area contributed by atoms with Crippen LogP contribution in [0.5, 0.6) is 0 Å². The van der Waals surface area contributed by atoms with Crippen molar-refractivity contribution in [2.24, 2.45) is 10.9 Å². The van der Waals surface area contributed by atoms with Gasteiger partial charge in [-0.05, 0) is 36.6 Å². The summed E-state index contributed by atoms with van der Waals surface area (Å²) < 4.78 is 0. The van der Waals surface area contributed by atoms with E-state index >= 15 is 0 Å². The van der Waals surface area contributed by atoms with Gasteiger partial charge in [0.25, 0.3) is 0 Å². The number of nitrogens with zero attached hydrogens (tertiary/aromatic N) is 2. The molecule has 1 aliphatic rings. The second-order valence-corrected chi connectivity index (χ2v) is 6.01. The minimum absolute atomic E-state index is 0.868. The predicted octanol–water partition coefficient (Wildman–Crippen LogP) is 2.60. The van der Waals surface area contributed by atoms with E-state index in [0.717, 1.165) is 31.4 Å². The first-order valence-corrected chi connectivity index (χ1v) is 7.61. The zero-order valence-electron chi connectivity index (χ0n) is 11.4. The zero-order valence-corrected chi connectivity index (χ0v) is 12.2. The van der Waals surface area contributed by atoms with E-state index in [9.17, 15) is 0 Å². The van der Waals surface area contributed by atoms with Crippen LogP contribution in [-0.4, -0.2) is 38.0 Å². The van der Waals surface area contributed by atoms with E-state index < -0.39 is 0 Å². The summed E-state index contributed by atoms with van der Waals surface area (Å²) in [5.41, 5.74) is 0. The molecule has 0 unspecified atom stereocenters. The lowest BCUT2D eigenvalue weighted by molar-refractivity contribution is 0.311. The SMILES string of the molecule is CN=C(NCC1CCC1)N(C)CCc1cccs1. The van der Waals surface area contributed by atoms with Crippen LogP contribution in [0.1, 0.15) is 24.1 Å². The van der Waals surface area contributed by atoms with Crippen molar-refractivity contribution < 1.29 is 0 Å². The van der Waals surface area contributed by atoms with Gasteiger partial charge >= 0.3 is 0 Å². The summed E-state index contributed by atoms with van der Waals surface area (Å²) in [6.07, 6.45) is 5.25. The lowest BCUT2D eigenvalue weighted by Gasteiger charge is -2.28. The Balaban J connectivity index is 1.72. The number of aliphatic imine (C=N–C) groups is 1. The fraction of sp³-hybridized carbons (Fsp3) is 0.643. The van der Waals surface area contributed by atoms with E-state index in [1.807, 2.05) is 18.4 Å². The van der Waals surface area contributed by atoms with Crippen LogP contribution >= 0.6 is 11.3 Å². The molecule has 18 heavy (non-hydrogen) atoms. The normalized spacial score (nSPS) is 16.4. The summed E-state index contributed by atoms with van der Waals surface area (Å²) in [7, 11) is 3.98. The Morgan fingerprint density at radius 3 is 2.94 bits per heavy atom. The van der Waals surface area contributed by atoms with Gasteiger partial charge in [0.05, 0.1) is 0 Å². The van der Waals surface area contributed by atoms with Crippen molar-refractivity contribution in [1.82, 2.24) is 10.2 Å². The van der Waals surface area contributed by atoms with E-state index in [1.165, 1.54) is 24.1 Å². The number of likely N-dealkylation sites (N-methyl/N-ethyl adjacent to an activating group) is 1. The van der Waals surface area contributed by atoms with Gasteiger partial charge in [-0.1, -0.05) is 12.5 Å². The second-order valence-electron chi connectivity index (χ2n) is 4.98. The molecule has 1 aromatic rings. The van der Waals surface area contributed by atoms with Gasteiger partial charge in [-0.15, -0.1) is 11.3 Å². The highest BCUT2D eigenvalue weighted by molar-refractivity contribution is 7.09. The van der Waals surface area contributed by atoms with Gasteiger partial charge in [-0.2, -0.15) is 0 Å². The Labute approximate surface area is 114 Å². The van der Waals surface area contributed by atoms with Crippen LogP contribution in [0.2, 0.25) is 0 Å². The van der Waals surface area contributed by atoms with Crippen molar-refractivity contribution in [3.8, 4) is 0 Å². The molecule has 1 heterocycles. The van der Waals surface area contributed by atoms with Crippen molar-refractivity contribution in [1.29, 1.82) is 0 Å². The fourth-order valence-electron chi connectivity index (χ4n) is 2.16. The molecule has 0 atom stereocenters. The third-order valence-corrected chi connectivity index (χ3v) is 4.56. The molecule has 0 spiro atoms.